The van der Waals surface area contributed by atoms with E-state index in [0.29, 0.717) is 6.04 Å². The summed E-state index contributed by atoms with van der Waals surface area (Å²) in [7, 11) is 1.75. The standard InChI is InChI=1S/C17H25NO/c1-12(16-10-13-7-8-14(16)9-13)18-11-15-5-3-4-6-17(15)19-2/h3-6,12-14,16,18H,7-11H2,1-2H3/t12-,13+,14+,16+/m1/s1. The van der Waals surface area contributed by atoms with Crippen LogP contribution in [0.1, 0.15) is 38.2 Å². The Balaban J connectivity index is 1.57. The van der Waals surface area contributed by atoms with Gasteiger partial charge in [-0.15, -0.1) is 0 Å². The van der Waals surface area contributed by atoms with Crippen molar-refractivity contribution in [2.75, 3.05) is 7.11 Å². The molecule has 0 saturated heterocycles. The lowest BCUT2D eigenvalue weighted by molar-refractivity contribution is 0.258. The Labute approximate surface area is 116 Å². The molecule has 0 unspecified atom stereocenters. The molecular weight excluding hydrogens is 234 g/mol. The van der Waals surface area contributed by atoms with Crippen molar-refractivity contribution in [1.29, 1.82) is 0 Å². The van der Waals surface area contributed by atoms with E-state index in [4.69, 9.17) is 4.74 Å². The highest BCUT2D eigenvalue weighted by Gasteiger charge is 2.41. The van der Waals surface area contributed by atoms with Gasteiger partial charge in [0.2, 0.25) is 0 Å². The van der Waals surface area contributed by atoms with Crippen molar-refractivity contribution in [2.45, 2.75) is 45.2 Å². The van der Waals surface area contributed by atoms with Crippen LogP contribution >= 0.6 is 0 Å². The summed E-state index contributed by atoms with van der Waals surface area (Å²) in [5, 5.41) is 3.72. The van der Waals surface area contributed by atoms with Crippen LogP contribution in [0, 0.1) is 17.8 Å². The molecule has 4 atom stereocenters. The summed E-state index contributed by atoms with van der Waals surface area (Å²) in [5.74, 6) is 3.92. The van der Waals surface area contributed by atoms with E-state index in [0.717, 1.165) is 30.0 Å². The number of hydrogen-bond donors (Lipinski definition) is 1. The van der Waals surface area contributed by atoms with Crippen LogP contribution in [0.2, 0.25) is 0 Å². The molecule has 2 aliphatic carbocycles. The fraction of sp³-hybridized carbons (Fsp3) is 0.647. The largest absolute Gasteiger partial charge is 0.496 e. The van der Waals surface area contributed by atoms with E-state index in [1.807, 2.05) is 12.1 Å². The summed E-state index contributed by atoms with van der Waals surface area (Å²) in [5.41, 5.74) is 1.26. The van der Waals surface area contributed by atoms with Crippen LogP contribution < -0.4 is 10.1 Å². The summed E-state index contributed by atoms with van der Waals surface area (Å²) in [6.45, 7) is 3.28. The Kier molecular flexibility index (Phi) is 3.79. The van der Waals surface area contributed by atoms with Gasteiger partial charge in [0.15, 0.2) is 0 Å². The van der Waals surface area contributed by atoms with Crippen molar-refractivity contribution >= 4 is 0 Å². The molecule has 2 fully saturated rings. The van der Waals surface area contributed by atoms with Crippen molar-refractivity contribution < 1.29 is 4.74 Å². The molecular formula is C17H25NO. The van der Waals surface area contributed by atoms with E-state index < -0.39 is 0 Å². The minimum atomic E-state index is 0.625. The third-order valence-electron chi connectivity index (χ3n) is 5.24. The van der Waals surface area contributed by atoms with Gasteiger partial charge in [0.1, 0.15) is 5.75 Å². The van der Waals surface area contributed by atoms with Crippen molar-refractivity contribution in [3.05, 3.63) is 29.8 Å². The highest BCUT2D eigenvalue weighted by Crippen LogP contribution is 2.49. The maximum absolute atomic E-state index is 5.41. The van der Waals surface area contributed by atoms with Crippen LogP contribution in [-0.2, 0) is 6.54 Å². The second-order valence-electron chi connectivity index (χ2n) is 6.32. The van der Waals surface area contributed by atoms with Crippen molar-refractivity contribution in [3.63, 3.8) is 0 Å². The lowest BCUT2D eigenvalue weighted by atomic mass is 9.84. The molecule has 19 heavy (non-hydrogen) atoms. The van der Waals surface area contributed by atoms with E-state index >= 15 is 0 Å². The van der Waals surface area contributed by atoms with Gasteiger partial charge in [-0.3, -0.25) is 0 Å². The first-order valence-electron chi connectivity index (χ1n) is 7.63. The number of ether oxygens (including phenoxy) is 1. The Hall–Kier alpha value is -1.02. The van der Waals surface area contributed by atoms with Crippen molar-refractivity contribution in [3.8, 4) is 5.75 Å². The summed E-state index contributed by atoms with van der Waals surface area (Å²) in [6.07, 6.45) is 5.90. The maximum Gasteiger partial charge on any atom is 0.123 e. The number of nitrogens with one attached hydrogen (secondary N) is 1. The number of methoxy groups -OCH3 is 1. The smallest absolute Gasteiger partial charge is 0.123 e. The topological polar surface area (TPSA) is 21.3 Å². The molecule has 104 valence electrons. The molecule has 2 saturated carbocycles. The molecule has 1 aromatic carbocycles. The predicted octanol–water partition coefficient (Wildman–Crippen LogP) is 3.61. The Morgan fingerprint density at radius 3 is 2.79 bits per heavy atom. The minimum absolute atomic E-state index is 0.625. The number of benzene rings is 1. The quantitative estimate of drug-likeness (QED) is 0.872. The first kappa shape index (κ1) is 13.0. The van der Waals surface area contributed by atoms with Gasteiger partial charge in [-0.2, -0.15) is 0 Å². The first-order chi connectivity index (χ1) is 9.28. The third kappa shape index (κ3) is 2.64. The molecule has 2 nitrogen and oxygen atoms in total. The van der Waals surface area contributed by atoms with Gasteiger partial charge in [0.05, 0.1) is 7.11 Å². The number of hydrogen-bond acceptors (Lipinski definition) is 2. The molecule has 0 amide bonds. The average Bonchev–Trinajstić information content (AvgIpc) is 3.07. The Morgan fingerprint density at radius 1 is 1.26 bits per heavy atom. The zero-order valence-electron chi connectivity index (χ0n) is 12.1. The third-order valence-corrected chi connectivity index (χ3v) is 5.24. The zero-order chi connectivity index (χ0) is 13.2. The van der Waals surface area contributed by atoms with Crippen LogP contribution in [0.5, 0.6) is 5.75 Å². The molecule has 0 radical (unpaired) electrons. The molecule has 1 N–H and O–H groups in total. The van der Waals surface area contributed by atoms with Gasteiger partial charge in [-0.25, -0.2) is 0 Å². The Bertz CT molecular complexity index is 431. The van der Waals surface area contributed by atoms with Crippen LogP contribution in [0.15, 0.2) is 24.3 Å². The highest BCUT2D eigenvalue weighted by atomic mass is 16.5. The zero-order valence-corrected chi connectivity index (χ0v) is 12.1. The second-order valence-corrected chi connectivity index (χ2v) is 6.32. The van der Waals surface area contributed by atoms with Crippen LogP contribution in [0.3, 0.4) is 0 Å². The van der Waals surface area contributed by atoms with Crippen LogP contribution in [-0.4, -0.2) is 13.2 Å². The van der Waals surface area contributed by atoms with E-state index in [2.05, 4.69) is 24.4 Å². The highest BCUT2D eigenvalue weighted by molar-refractivity contribution is 5.33. The molecule has 2 bridgehead atoms. The maximum atomic E-state index is 5.41. The van der Waals surface area contributed by atoms with Crippen LogP contribution in [0.4, 0.5) is 0 Å². The van der Waals surface area contributed by atoms with Gasteiger partial charge in [-0.1, -0.05) is 24.6 Å². The van der Waals surface area contributed by atoms with E-state index in [1.54, 1.807) is 7.11 Å². The van der Waals surface area contributed by atoms with Crippen LogP contribution in [0.25, 0.3) is 0 Å². The summed E-state index contributed by atoms with van der Waals surface area (Å²) in [6, 6.07) is 8.93. The summed E-state index contributed by atoms with van der Waals surface area (Å²) < 4.78 is 5.41. The normalized spacial score (nSPS) is 30.5. The van der Waals surface area contributed by atoms with E-state index in [1.165, 1.54) is 31.2 Å². The molecule has 3 rings (SSSR count). The fourth-order valence-corrected chi connectivity index (χ4v) is 4.18. The molecule has 0 aromatic heterocycles. The fourth-order valence-electron chi connectivity index (χ4n) is 4.18. The summed E-state index contributed by atoms with van der Waals surface area (Å²) in [4.78, 5) is 0. The molecule has 2 heteroatoms. The predicted molar refractivity (Wildman–Crippen MR) is 78.2 cm³/mol. The SMILES string of the molecule is COc1ccccc1CN[C@H](C)[C@@H]1C[C@H]2CC[C@H]1C2. The number of fused-ring (bicyclic) bond motifs is 2. The lowest BCUT2D eigenvalue weighted by Gasteiger charge is -2.28. The van der Waals surface area contributed by atoms with Gasteiger partial charge < -0.3 is 10.1 Å². The monoisotopic (exact) mass is 259 g/mol. The second kappa shape index (κ2) is 5.54. The van der Waals surface area contributed by atoms with Crippen molar-refractivity contribution in [2.24, 2.45) is 17.8 Å². The van der Waals surface area contributed by atoms with Gasteiger partial charge in [0, 0.05) is 18.2 Å². The molecule has 0 heterocycles. The first-order valence-corrected chi connectivity index (χ1v) is 7.63. The molecule has 0 spiro atoms. The lowest BCUT2D eigenvalue weighted by Crippen LogP contribution is -2.35. The van der Waals surface area contributed by atoms with E-state index in [-0.39, 0.29) is 0 Å². The molecule has 1 aromatic rings. The van der Waals surface area contributed by atoms with Gasteiger partial charge in [0.25, 0.3) is 0 Å². The van der Waals surface area contributed by atoms with E-state index in [9.17, 15) is 0 Å². The molecule has 0 aliphatic heterocycles. The van der Waals surface area contributed by atoms with Crippen molar-refractivity contribution in [1.82, 2.24) is 5.32 Å². The Morgan fingerprint density at radius 2 is 2.11 bits per heavy atom. The van der Waals surface area contributed by atoms with Gasteiger partial charge in [-0.05, 0) is 50.0 Å². The summed E-state index contributed by atoms with van der Waals surface area (Å²) >= 11 is 0. The molecule has 2 aliphatic rings. The van der Waals surface area contributed by atoms with Gasteiger partial charge >= 0.3 is 0 Å². The average molecular weight is 259 g/mol. The number of rotatable bonds is 5. The number of para-hydroxylation sites is 1. The minimum Gasteiger partial charge on any atom is -0.496 e.